The van der Waals surface area contributed by atoms with Gasteiger partial charge in [0, 0.05) is 19.6 Å². The van der Waals surface area contributed by atoms with Crippen molar-refractivity contribution in [1.82, 2.24) is 5.32 Å². The van der Waals surface area contributed by atoms with E-state index in [9.17, 15) is 0 Å². The third-order valence-corrected chi connectivity index (χ3v) is 4.09. The van der Waals surface area contributed by atoms with E-state index in [1.165, 1.54) is 32.1 Å². The minimum atomic E-state index is 0.364. The van der Waals surface area contributed by atoms with Crippen molar-refractivity contribution in [2.24, 2.45) is 5.92 Å². The molecule has 1 N–H and O–H groups in total. The van der Waals surface area contributed by atoms with Crippen molar-refractivity contribution in [3.63, 3.8) is 0 Å². The maximum atomic E-state index is 5.82. The fraction of sp³-hybridized carbons (Fsp3) is 0.875. The Morgan fingerprint density at radius 3 is 2.61 bits per heavy atom. The molecule has 18 heavy (non-hydrogen) atoms. The molecular formula is C16H29NO. The summed E-state index contributed by atoms with van der Waals surface area (Å²) in [5.74, 6) is 3.47. The van der Waals surface area contributed by atoms with Gasteiger partial charge in [-0.25, -0.2) is 0 Å². The molecule has 0 aromatic carbocycles. The SMILES string of the molecule is C#CCCCC(NCC)C(OC)C1CCCCC1. The predicted molar refractivity (Wildman–Crippen MR) is 77.5 cm³/mol. The second kappa shape index (κ2) is 9.42. The minimum absolute atomic E-state index is 0.364. The van der Waals surface area contributed by atoms with Gasteiger partial charge in [-0.3, -0.25) is 0 Å². The summed E-state index contributed by atoms with van der Waals surface area (Å²) in [6, 6.07) is 0.469. The first kappa shape index (κ1) is 15.5. The molecule has 2 atom stereocenters. The molecule has 0 aromatic heterocycles. The number of ether oxygens (including phenoxy) is 1. The van der Waals surface area contributed by atoms with Crippen molar-refractivity contribution in [3.8, 4) is 12.3 Å². The first-order chi connectivity index (χ1) is 8.83. The van der Waals surface area contributed by atoms with Crippen LogP contribution in [0.25, 0.3) is 0 Å². The van der Waals surface area contributed by atoms with Gasteiger partial charge in [0.15, 0.2) is 0 Å². The molecule has 0 amide bonds. The molecule has 1 fully saturated rings. The molecule has 0 bridgehead atoms. The number of nitrogens with one attached hydrogen (secondary N) is 1. The summed E-state index contributed by atoms with van der Waals surface area (Å²) in [6.45, 7) is 3.18. The van der Waals surface area contributed by atoms with Gasteiger partial charge in [0.2, 0.25) is 0 Å². The fourth-order valence-electron chi connectivity index (χ4n) is 3.22. The highest BCUT2D eigenvalue weighted by Gasteiger charge is 2.29. The van der Waals surface area contributed by atoms with E-state index < -0.39 is 0 Å². The molecule has 0 aliphatic heterocycles. The predicted octanol–water partition coefficient (Wildman–Crippen LogP) is 3.36. The largest absolute Gasteiger partial charge is 0.380 e. The van der Waals surface area contributed by atoms with Crippen LogP contribution in [0.3, 0.4) is 0 Å². The Morgan fingerprint density at radius 2 is 2.06 bits per heavy atom. The summed E-state index contributed by atoms with van der Waals surface area (Å²) in [4.78, 5) is 0. The van der Waals surface area contributed by atoms with Gasteiger partial charge < -0.3 is 10.1 Å². The maximum absolute atomic E-state index is 5.82. The van der Waals surface area contributed by atoms with Crippen molar-refractivity contribution in [2.45, 2.75) is 70.4 Å². The molecular weight excluding hydrogens is 222 g/mol. The lowest BCUT2D eigenvalue weighted by Gasteiger charge is -2.35. The van der Waals surface area contributed by atoms with Crippen LogP contribution in [0, 0.1) is 18.3 Å². The van der Waals surface area contributed by atoms with Gasteiger partial charge in [-0.05, 0) is 38.1 Å². The number of terminal acetylenes is 1. The average Bonchev–Trinajstić information content (AvgIpc) is 2.41. The Kier molecular flexibility index (Phi) is 8.13. The Labute approximate surface area is 113 Å². The molecule has 0 heterocycles. The molecule has 1 rings (SSSR count). The van der Waals surface area contributed by atoms with Crippen LogP contribution in [-0.4, -0.2) is 25.8 Å². The molecule has 2 nitrogen and oxygen atoms in total. The summed E-state index contributed by atoms with van der Waals surface area (Å²) in [6.07, 6.45) is 15.6. The zero-order chi connectivity index (χ0) is 13.2. The lowest BCUT2D eigenvalue weighted by atomic mass is 9.81. The van der Waals surface area contributed by atoms with Gasteiger partial charge >= 0.3 is 0 Å². The summed E-state index contributed by atoms with van der Waals surface area (Å²) in [7, 11) is 1.87. The van der Waals surface area contributed by atoms with Crippen molar-refractivity contribution in [3.05, 3.63) is 0 Å². The van der Waals surface area contributed by atoms with E-state index in [1.807, 2.05) is 7.11 Å². The summed E-state index contributed by atoms with van der Waals surface area (Å²) < 4.78 is 5.82. The molecule has 1 aliphatic rings. The molecule has 2 heteroatoms. The first-order valence-corrected chi connectivity index (χ1v) is 7.53. The van der Waals surface area contributed by atoms with Crippen molar-refractivity contribution in [1.29, 1.82) is 0 Å². The molecule has 2 unspecified atom stereocenters. The van der Waals surface area contributed by atoms with Gasteiger partial charge in [-0.15, -0.1) is 12.3 Å². The highest BCUT2D eigenvalue weighted by Crippen LogP contribution is 2.30. The number of unbranched alkanes of at least 4 members (excludes halogenated alkanes) is 1. The van der Waals surface area contributed by atoms with Crippen LogP contribution in [-0.2, 0) is 4.74 Å². The van der Waals surface area contributed by atoms with Gasteiger partial charge in [0.25, 0.3) is 0 Å². The van der Waals surface area contributed by atoms with Crippen molar-refractivity contribution in [2.75, 3.05) is 13.7 Å². The van der Waals surface area contributed by atoms with E-state index in [4.69, 9.17) is 11.2 Å². The molecule has 104 valence electrons. The lowest BCUT2D eigenvalue weighted by Crippen LogP contribution is -2.45. The van der Waals surface area contributed by atoms with E-state index in [0.717, 1.165) is 31.7 Å². The summed E-state index contributed by atoms with van der Waals surface area (Å²) in [5.41, 5.74) is 0. The van der Waals surface area contributed by atoms with E-state index >= 15 is 0 Å². The van der Waals surface area contributed by atoms with Crippen molar-refractivity contribution >= 4 is 0 Å². The molecule has 0 spiro atoms. The van der Waals surface area contributed by atoms with E-state index in [-0.39, 0.29) is 0 Å². The van der Waals surface area contributed by atoms with Crippen LogP contribution in [0.2, 0.25) is 0 Å². The highest BCUT2D eigenvalue weighted by molar-refractivity contribution is 4.88. The first-order valence-electron chi connectivity index (χ1n) is 7.53. The van der Waals surface area contributed by atoms with Crippen LogP contribution >= 0.6 is 0 Å². The van der Waals surface area contributed by atoms with Crippen LogP contribution in [0.15, 0.2) is 0 Å². The Morgan fingerprint density at radius 1 is 1.33 bits per heavy atom. The Hall–Kier alpha value is -0.520. The van der Waals surface area contributed by atoms with Crippen LogP contribution in [0.1, 0.15) is 58.3 Å². The molecule has 1 saturated carbocycles. The van der Waals surface area contributed by atoms with Gasteiger partial charge in [0.05, 0.1) is 6.10 Å². The number of likely N-dealkylation sites (N-methyl/N-ethyl adjacent to an activating group) is 1. The summed E-state index contributed by atoms with van der Waals surface area (Å²) >= 11 is 0. The molecule has 0 aromatic rings. The van der Waals surface area contributed by atoms with E-state index in [2.05, 4.69) is 18.2 Å². The standard InChI is InChI=1S/C16H29NO/c1-4-6-8-13-15(17-5-2)16(18-3)14-11-9-7-10-12-14/h1,14-17H,5-13H2,2-3H3. The van der Waals surface area contributed by atoms with E-state index in [0.29, 0.717) is 12.1 Å². The van der Waals surface area contributed by atoms with Gasteiger partial charge in [-0.1, -0.05) is 26.2 Å². The van der Waals surface area contributed by atoms with Gasteiger partial charge in [0.1, 0.15) is 0 Å². The third kappa shape index (κ3) is 5.00. The zero-order valence-electron chi connectivity index (χ0n) is 12.1. The number of rotatable bonds is 8. The third-order valence-electron chi connectivity index (χ3n) is 4.09. The van der Waals surface area contributed by atoms with Crippen LogP contribution in [0.5, 0.6) is 0 Å². The maximum Gasteiger partial charge on any atom is 0.0752 e. The second-order valence-corrected chi connectivity index (χ2v) is 5.36. The smallest absolute Gasteiger partial charge is 0.0752 e. The lowest BCUT2D eigenvalue weighted by molar-refractivity contribution is 0.00613. The summed E-state index contributed by atoms with van der Waals surface area (Å²) in [5, 5.41) is 3.60. The van der Waals surface area contributed by atoms with E-state index in [1.54, 1.807) is 0 Å². The minimum Gasteiger partial charge on any atom is -0.380 e. The monoisotopic (exact) mass is 251 g/mol. The normalized spacial score (nSPS) is 20.3. The Balaban J connectivity index is 2.51. The van der Waals surface area contributed by atoms with Gasteiger partial charge in [-0.2, -0.15) is 0 Å². The topological polar surface area (TPSA) is 21.3 Å². The Bertz CT molecular complexity index is 240. The molecule has 0 radical (unpaired) electrons. The number of methoxy groups -OCH3 is 1. The van der Waals surface area contributed by atoms with Crippen LogP contribution < -0.4 is 5.32 Å². The number of hydrogen-bond acceptors (Lipinski definition) is 2. The van der Waals surface area contributed by atoms with Crippen LogP contribution in [0.4, 0.5) is 0 Å². The fourth-order valence-corrected chi connectivity index (χ4v) is 3.22. The molecule has 0 saturated heterocycles. The average molecular weight is 251 g/mol. The number of hydrogen-bond donors (Lipinski definition) is 1. The van der Waals surface area contributed by atoms with Crippen molar-refractivity contribution < 1.29 is 4.74 Å². The molecule has 1 aliphatic carbocycles. The highest BCUT2D eigenvalue weighted by atomic mass is 16.5. The quantitative estimate of drug-likeness (QED) is 0.527. The second-order valence-electron chi connectivity index (χ2n) is 5.36. The zero-order valence-corrected chi connectivity index (χ0v) is 12.1.